The number of hydrogen-bond acceptors (Lipinski definition) is 2. The van der Waals surface area contributed by atoms with Crippen molar-refractivity contribution in [3.63, 3.8) is 0 Å². The molecule has 0 amide bonds. The summed E-state index contributed by atoms with van der Waals surface area (Å²) in [7, 11) is 0. The van der Waals surface area contributed by atoms with E-state index in [0.29, 0.717) is 0 Å². The van der Waals surface area contributed by atoms with Crippen LogP contribution in [-0.4, -0.2) is 21.7 Å². The molecule has 3 rings (SSSR count). The number of fused-ring (bicyclic) bond motifs is 1. The minimum Gasteiger partial charge on any atom is -0.358 e. The molecule has 0 aliphatic carbocycles. The van der Waals surface area contributed by atoms with Crippen LogP contribution in [0.25, 0.3) is 17.0 Å². The normalized spacial score (nSPS) is 12.9. The van der Waals surface area contributed by atoms with Crippen LogP contribution in [0.1, 0.15) is 64.5 Å². The van der Waals surface area contributed by atoms with Crippen LogP contribution in [0.2, 0.25) is 0 Å². The molecule has 0 aromatic carbocycles. The van der Waals surface area contributed by atoms with Crippen molar-refractivity contribution in [2.45, 2.75) is 58.3 Å². The van der Waals surface area contributed by atoms with E-state index in [4.69, 9.17) is 0 Å². The Morgan fingerprint density at radius 2 is 1.89 bits per heavy atom. The Kier molecular flexibility index (Phi) is 5.09. The van der Waals surface area contributed by atoms with Crippen molar-refractivity contribution in [1.82, 2.24) is 15.0 Å². The van der Waals surface area contributed by atoms with Gasteiger partial charge in [-0.15, -0.1) is 0 Å². The number of aromatic amines is 2. The van der Waals surface area contributed by atoms with Crippen LogP contribution in [0.4, 0.5) is 5.69 Å². The monoisotopic (exact) mass is 362 g/mol. The lowest BCUT2D eigenvalue weighted by Gasteiger charge is -2.22. The maximum Gasteiger partial charge on any atom is 0.0874 e. The first-order valence-electron chi connectivity index (χ1n) is 9.51. The molecular formula is C23H30N4. The Labute approximate surface area is 161 Å². The molecule has 0 unspecified atom stereocenters. The first kappa shape index (κ1) is 19.2. The van der Waals surface area contributed by atoms with E-state index in [0.717, 1.165) is 29.7 Å². The van der Waals surface area contributed by atoms with Crippen molar-refractivity contribution in [2.24, 2.45) is 4.99 Å². The van der Waals surface area contributed by atoms with Crippen molar-refractivity contribution >= 4 is 29.4 Å². The van der Waals surface area contributed by atoms with E-state index < -0.39 is 0 Å². The van der Waals surface area contributed by atoms with Gasteiger partial charge >= 0.3 is 0 Å². The van der Waals surface area contributed by atoms with E-state index >= 15 is 0 Å². The molecule has 0 spiro atoms. The van der Waals surface area contributed by atoms with Crippen molar-refractivity contribution < 1.29 is 0 Å². The highest BCUT2D eigenvalue weighted by molar-refractivity contribution is 5.79. The molecule has 27 heavy (non-hydrogen) atoms. The van der Waals surface area contributed by atoms with Crippen LogP contribution in [0, 0.1) is 0 Å². The van der Waals surface area contributed by atoms with E-state index in [9.17, 15) is 0 Å². The Morgan fingerprint density at radius 1 is 1.11 bits per heavy atom. The molecule has 0 bridgehead atoms. The molecule has 3 aromatic rings. The average Bonchev–Trinajstić information content (AvgIpc) is 3.22. The minimum atomic E-state index is 0.0647. The molecule has 3 heterocycles. The molecule has 0 saturated heterocycles. The fraction of sp³-hybridized carbons (Fsp3) is 0.391. The van der Waals surface area contributed by atoms with E-state index in [-0.39, 0.29) is 10.8 Å². The lowest BCUT2D eigenvalue weighted by Crippen LogP contribution is -2.17. The van der Waals surface area contributed by atoms with Gasteiger partial charge in [-0.1, -0.05) is 40.7 Å². The fourth-order valence-corrected chi connectivity index (χ4v) is 3.24. The summed E-state index contributed by atoms with van der Waals surface area (Å²) < 4.78 is 0. The van der Waals surface area contributed by atoms with Crippen LogP contribution in [-0.2, 0) is 10.8 Å². The van der Waals surface area contributed by atoms with Gasteiger partial charge in [-0.2, -0.15) is 0 Å². The molecule has 0 atom stereocenters. The molecule has 2 N–H and O–H groups in total. The second kappa shape index (κ2) is 7.18. The second-order valence-corrected chi connectivity index (χ2v) is 8.86. The number of hydrogen-bond donors (Lipinski definition) is 2. The standard InChI is InChI=1S/C23H30N4/c1-22(2,3)20-14-19(24-6)18(27-20)9-7-8-11-23(4,5)21-13-16-15-25-12-10-17(16)26-21/h7,9-10,12-15,26-27H,6,8,11H2,1-5H3/b9-7-. The number of H-pyrrole nitrogens is 2. The summed E-state index contributed by atoms with van der Waals surface area (Å²) in [6.07, 6.45) is 10.1. The third-order valence-electron chi connectivity index (χ3n) is 5.18. The van der Waals surface area contributed by atoms with Gasteiger partial charge in [0, 0.05) is 45.5 Å². The largest absolute Gasteiger partial charge is 0.358 e. The van der Waals surface area contributed by atoms with Gasteiger partial charge in [-0.3, -0.25) is 9.98 Å². The highest BCUT2D eigenvalue weighted by Gasteiger charge is 2.22. The predicted molar refractivity (Wildman–Crippen MR) is 116 cm³/mol. The van der Waals surface area contributed by atoms with Gasteiger partial charge in [0.2, 0.25) is 0 Å². The third-order valence-corrected chi connectivity index (χ3v) is 5.18. The highest BCUT2D eigenvalue weighted by Crippen LogP contribution is 2.32. The molecule has 0 saturated carbocycles. The zero-order valence-electron chi connectivity index (χ0n) is 17.1. The van der Waals surface area contributed by atoms with Crippen molar-refractivity contribution in [2.75, 3.05) is 0 Å². The lowest BCUT2D eigenvalue weighted by atomic mass is 9.84. The van der Waals surface area contributed by atoms with E-state index in [1.165, 1.54) is 16.8 Å². The Balaban J connectivity index is 1.69. The van der Waals surface area contributed by atoms with Gasteiger partial charge in [0.15, 0.2) is 0 Å². The maximum absolute atomic E-state index is 4.20. The summed E-state index contributed by atoms with van der Waals surface area (Å²) in [6, 6.07) is 6.33. The Hall–Kier alpha value is -2.62. The number of nitrogens with zero attached hydrogens (tertiary/aromatic N) is 2. The molecule has 4 nitrogen and oxygen atoms in total. The zero-order valence-corrected chi connectivity index (χ0v) is 17.1. The van der Waals surface area contributed by atoms with Crippen LogP contribution in [0.15, 0.2) is 41.7 Å². The number of nitrogens with one attached hydrogen (secondary N) is 2. The quantitative estimate of drug-likeness (QED) is 0.497. The van der Waals surface area contributed by atoms with Gasteiger partial charge in [0.05, 0.1) is 11.4 Å². The molecule has 0 fully saturated rings. The van der Waals surface area contributed by atoms with E-state index in [2.05, 4.69) is 85.6 Å². The summed E-state index contributed by atoms with van der Waals surface area (Å²) in [6.45, 7) is 14.8. The summed E-state index contributed by atoms with van der Waals surface area (Å²) in [4.78, 5) is 15.4. The molecule has 0 aliphatic heterocycles. The second-order valence-electron chi connectivity index (χ2n) is 8.86. The highest BCUT2D eigenvalue weighted by atomic mass is 14.8. The number of aliphatic imine (C=N–C) groups is 1. The van der Waals surface area contributed by atoms with Crippen LogP contribution < -0.4 is 0 Å². The van der Waals surface area contributed by atoms with Gasteiger partial charge in [0.1, 0.15) is 0 Å². The summed E-state index contributed by atoms with van der Waals surface area (Å²) in [5.41, 5.74) is 5.65. The lowest BCUT2D eigenvalue weighted by molar-refractivity contribution is 0.474. The zero-order chi connectivity index (χ0) is 19.7. The number of rotatable bonds is 6. The van der Waals surface area contributed by atoms with Gasteiger partial charge in [0.25, 0.3) is 0 Å². The molecule has 0 radical (unpaired) electrons. The molecular weight excluding hydrogens is 332 g/mol. The van der Waals surface area contributed by atoms with Crippen molar-refractivity contribution in [3.8, 4) is 0 Å². The van der Waals surface area contributed by atoms with Gasteiger partial charge < -0.3 is 9.97 Å². The third kappa shape index (κ3) is 4.21. The van der Waals surface area contributed by atoms with Crippen molar-refractivity contribution in [3.05, 3.63) is 53.8 Å². The first-order chi connectivity index (χ1) is 12.7. The van der Waals surface area contributed by atoms with E-state index in [1.807, 2.05) is 18.5 Å². The van der Waals surface area contributed by atoms with Crippen LogP contribution in [0.5, 0.6) is 0 Å². The summed E-state index contributed by atoms with van der Waals surface area (Å²) in [5, 5.41) is 1.17. The summed E-state index contributed by atoms with van der Waals surface area (Å²) >= 11 is 0. The number of aromatic nitrogens is 3. The van der Waals surface area contributed by atoms with Crippen LogP contribution in [0.3, 0.4) is 0 Å². The average molecular weight is 363 g/mol. The summed E-state index contributed by atoms with van der Waals surface area (Å²) in [5.74, 6) is 0. The molecule has 142 valence electrons. The fourth-order valence-electron chi connectivity index (χ4n) is 3.24. The minimum absolute atomic E-state index is 0.0647. The number of pyridine rings is 1. The Morgan fingerprint density at radius 3 is 2.56 bits per heavy atom. The van der Waals surface area contributed by atoms with Crippen molar-refractivity contribution in [1.29, 1.82) is 0 Å². The SMILES string of the molecule is C=Nc1cc(C(C)(C)C)[nH]c1/C=C\CCC(C)(C)c1cc2cnccc2[nH]1. The van der Waals surface area contributed by atoms with E-state index in [1.54, 1.807) is 0 Å². The maximum atomic E-state index is 4.20. The van der Waals surface area contributed by atoms with Gasteiger partial charge in [-0.05, 0) is 43.8 Å². The Bertz CT molecular complexity index is 931. The first-order valence-corrected chi connectivity index (χ1v) is 9.51. The topological polar surface area (TPSA) is 56.8 Å². The van der Waals surface area contributed by atoms with Gasteiger partial charge in [-0.25, -0.2) is 0 Å². The molecule has 0 aliphatic rings. The predicted octanol–water partition coefficient (Wildman–Crippen LogP) is 6.29. The molecule has 3 aromatic heterocycles. The smallest absolute Gasteiger partial charge is 0.0874 e. The number of allylic oxidation sites excluding steroid dienone is 1. The van der Waals surface area contributed by atoms with Crippen LogP contribution >= 0.6 is 0 Å². The molecule has 4 heteroatoms.